The van der Waals surface area contributed by atoms with Gasteiger partial charge >= 0.3 is 5.97 Å². The number of hydrogen-bond acceptors (Lipinski definition) is 5. The summed E-state index contributed by atoms with van der Waals surface area (Å²) in [5.74, 6) is 0.484. The Morgan fingerprint density at radius 1 is 1.31 bits per heavy atom. The number of aromatic nitrogens is 2. The minimum Gasteiger partial charge on any atom is -0.497 e. The fourth-order valence-electron chi connectivity index (χ4n) is 4.20. The van der Waals surface area contributed by atoms with Crippen molar-refractivity contribution in [3.63, 3.8) is 0 Å². The number of H-pyrrole nitrogens is 1. The Morgan fingerprint density at radius 2 is 2.14 bits per heavy atom. The van der Waals surface area contributed by atoms with Gasteiger partial charge in [0.25, 0.3) is 0 Å². The van der Waals surface area contributed by atoms with Crippen molar-refractivity contribution in [3.05, 3.63) is 59.9 Å². The van der Waals surface area contributed by atoms with Crippen LogP contribution in [0.4, 0.5) is 0 Å². The van der Waals surface area contributed by atoms with Gasteiger partial charge in [0.05, 0.1) is 30.8 Å². The van der Waals surface area contributed by atoms with Crippen molar-refractivity contribution in [2.45, 2.75) is 25.5 Å². The molecule has 29 heavy (non-hydrogen) atoms. The van der Waals surface area contributed by atoms with E-state index in [1.807, 2.05) is 48.5 Å². The molecule has 7 heteroatoms. The summed E-state index contributed by atoms with van der Waals surface area (Å²) >= 11 is 0. The molecular weight excluding hydrogens is 370 g/mol. The highest BCUT2D eigenvalue weighted by Gasteiger charge is 2.49. The molecule has 0 radical (unpaired) electrons. The number of carbonyl (C=O) groups is 1. The molecule has 1 aliphatic rings. The molecule has 1 aromatic heterocycles. The largest absolute Gasteiger partial charge is 0.497 e. The summed E-state index contributed by atoms with van der Waals surface area (Å²) in [4.78, 5) is 22.3. The van der Waals surface area contributed by atoms with Gasteiger partial charge in [0, 0.05) is 13.1 Å². The average molecular weight is 395 g/mol. The van der Waals surface area contributed by atoms with Gasteiger partial charge in [-0.15, -0.1) is 0 Å². The quantitative estimate of drug-likeness (QED) is 0.593. The highest BCUT2D eigenvalue weighted by Crippen LogP contribution is 2.36. The Bertz CT molecular complexity index is 985. The van der Waals surface area contributed by atoms with Gasteiger partial charge in [-0.1, -0.05) is 24.3 Å². The molecule has 2 atom stereocenters. The number of imidazole rings is 1. The molecular formula is C22H25N3O4. The molecule has 2 aromatic carbocycles. The number of methoxy groups -OCH3 is 1. The molecule has 0 unspecified atom stereocenters. The number of para-hydroxylation sites is 2. The summed E-state index contributed by atoms with van der Waals surface area (Å²) in [5.41, 5.74) is 1.40. The minimum atomic E-state index is -1.28. The molecule has 1 fully saturated rings. The lowest BCUT2D eigenvalue weighted by Gasteiger charge is -2.43. The third-order valence-corrected chi connectivity index (χ3v) is 5.75. The van der Waals surface area contributed by atoms with E-state index in [2.05, 4.69) is 14.9 Å². The summed E-state index contributed by atoms with van der Waals surface area (Å²) in [6, 6.07) is 15.2. The van der Waals surface area contributed by atoms with Crippen LogP contribution in [0.2, 0.25) is 0 Å². The summed E-state index contributed by atoms with van der Waals surface area (Å²) in [7, 11) is 1.58. The number of piperidine rings is 1. The zero-order valence-corrected chi connectivity index (χ0v) is 16.3. The molecule has 0 amide bonds. The van der Waals surface area contributed by atoms with Gasteiger partial charge in [0.1, 0.15) is 17.0 Å². The van der Waals surface area contributed by atoms with E-state index in [-0.39, 0.29) is 13.0 Å². The summed E-state index contributed by atoms with van der Waals surface area (Å²) in [6.45, 7) is 1.37. The van der Waals surface area contributed by atoms with Gasteiger partial charge in [-0.05, 0) is 42.7 Å². The van der Waals surface area contributed by atoms with Crippen molar-refractivity contribution in [2.75, 3.05) is 20.2 Å². The van der Waals surface area contributed by atoms with Crippen molar-refractivity contribution in [1.29, 1.82) is 0 Å². The monoisotopic (exact) mass is 395 g/mol. The maximum Gasteiger partial charge on any atom is 0.313 e. The number of benzene rings is 2. The van der Waals surface area contributed by atoms with Crippen molar-refractivity contribution < 1.29 is 19.7 Å². The van der Waals surface area contributed by atoms with Crippen LogP contribution in [0.25, 0.3) is 11.0 Å². The van der Waals surface area contributed by atoms with Crippen molar-refractivity contribution in [2.24, 2.45) is 5.41 Å². The van der Waals surface area contributed by atoms with Crippen LogP contribution in [0.1, 0.15) is 17.8 Å². The van der Waals surface area contributed by atoms with E-state index in [9.17, 15) is 15.0 Å². The Kier molecular flexibility index (Phi) is 5.25. The minimum absolute atomic E-state index is 0.233. The number of ether oxygens (including phenoxy) is 1. The number of likely N-dealkylation sites (tertiary alicyclic amines) is 1. The number of fused-ring (bicyclic) bond motifs is 1. The maximum absolute atomic E-state index is 12.3. The molecule has 0 saturated carbocycles. The van der Waals surface area contributed by atoms with Gasteiger partial charge in [0.15, 0.2) is 0 Å². The van der Waals surface area contributed by atoms with Gasteiger partial charge in [-0.3, -0.25) is 9.69 Å². The molecule has 152 valence electrons. The SMILES string of the molecule is COc1cccc(C[C@@]2(C(=O)O)CN(Cc3nc4ccccc4[nH]3)CC[C@@H]2O)c1. The van der Waals surface area contributed by atoms with Crippen LogP contribution in [-0.4, -0.2) is 57.4 Å². The van der Waals surface area contributed by atoms with E-state index in [0.29, 0.717) is 25.3 Å². The van der Waals surface area contributed by atoms with Gasteiger partial charge in [0.2, 0.25) is 0 Å². The zero-order chi connectivity index (χ0) is 20.4. The Morgan fingerprint density at radius 3 is 2.90 bits per heavy atom. The number of rotatable bonds is 6. The first-order valence-electron chi connectivity index (χ1n) is 9.70. The van der Waals surface area contributed by atoms with Crippen LogP contribution in [0.5, 0.6) is 5.75 Å². The van der Waals surface area contributed by atoms with Crippen LogP contribution in [-0.2, 0) is 17.8 Å². The fraction of sp³-hybridized carbons (Fsp3) is 0.364. The number of nitrogens with one attached hydrogen (secondary N) is 1. The van der Waals surface area contributed by atoms with Crippen LogP contribution in [0.15, 0.2) is 48.5 Å². The smallest absolute Gasteiger partial charge is 0.313 e. The molecule has 4 rings (SSSR count). The average Bonchev–Trinajstić information content (AvgIpc) is 3.12. The lowest BCUT2D eigenvalue weighted by molar-refractivity contribution is -0.163. The number of carboxylic acid groups (broad SMARTS) is 1. The molecule has 2 heterocycles. The van der Waals surface area contributed by atoms with E-state index < -0.39 is 17.5 Å². The molecule has 0 bridgehead atoms. The van der Waals surface area contributed by atoms with Crippen LogP contribution < -0.4 is 4.74 Å². The number of nitrogens with zero attached hydrogens (tertiary/aromatic N) is 2. The number of hydrogen-bond donors (Lipinski definition) is 3. The van der Waals surface area contributed by atoms with Crippen LogP contribution >= 0.6 is 0 Å². The van der Waals surface area contributed by atoms with Crippen molar-refractivity contribution in [1.82, 2.24) is 14.9 Å². The third kappa shape index (κ3) is 3.83. The highest BCUT2D eigenvalue weighted by atomic mass is 16.5. The Hall–Kier alpha value is -2.90. The molecule has 3 aromatic rings. The van der Waals surface area contributed by atoms with E-state index >= 15 is 0 Å². The van der Waals surface area contributed by atoms with Gasteiger partial charge < -0.3 is 19.9 Å². The van der Waals surface area contributed by atoms with E-state index in [4.69, 9.17) is 4.74 Å². The normalized spacial score (nSPS) is 22.6. The summed E-state index contributed by atoms with van der Waals surface area (Å²) in [6.07, 6.45) is -0.286. The van der Waals surface area contributed by atoms with E-state index in [1.165, 1.54) is 0 Å². The number of aromatic amines is 1. The number of aliphatic hydroxyl groups excluding tert-OH is 1. The predicted octanol–water partition coefficient (Wildman–Crippen LogP) is 2.45. The highest BCUT2D eigenvalue weighted by molar-refractivity contribution is 5.77. The molecule has 7 nitrogen and oxygen atoms in total. The topological polar surface area (TPSA) is 98.7 Å². The molecule has 1 aliphatic heterocycles. The molecule has 0 aliphatic carbocycles. The second kappa shape index (κ2) is 7.85. The van der Waals surface area contributed by atoms with Gasteiger partial charge in [-0.25, -0.2) is 4.98 Å². The first-order valence-corrected chi connectivity index (χ1v) is 9.70. The number of carboxylic acids is 1. The molecule has 0 spiro atoms. The second-order valence-electron chi connectivity index (χ2n) is 7.71. The summed E-state index contributed by atoms with van der Waals surface area (Å²) in [5, 5.41) is 20.8. The summed E-state index contributed by atoms with van der Waals surface area (Å²) < 4.78 is 5.26. The van der Waals surface area contributed by atoms with Gasteiger partial charge in [-0.2, -0.15) is 0 Å². The first kappa shape index (κ1) is 19.4. The Labute approximate surface area is 169 Å². The van der Waals surface area contributed by atoms with E-state index in [0.717, 1.165) is 22.4 Å². The lowest BCUT2D eigenvalue weighted by Crippen LogP contribution is -2.56. The van der Waals surface area contributed by atoms with Crippen molar-refractivity contribution in [3.8, 4) is 5.75 Å². The van der Waals surface area contributed by atoms with Crippen LogP contribution in [0, 0.1) is 5.41 Å². The first-order chi connectivity index (χ1) is 14.0. The second-order valence-corrected chi connectivity index (χ2v) is 7.71. The van der Waals surface area contributed by atoms with Crippen molar-refractivity contribution >= 4 is 17.0 Å². The standard InChI is InChI=1S/C22H25N3O4/c1-29-16-6-4-5-15(11-16)12-22(21(27)28)14-25(10-9-19(22)26)13-20-23-17-7-2-3-8-18(17)24-20/h2-8,11,19,26H,9-10,12-14H2,1H3,(H,23,24)(H,27,28)/t19-,22+/m0/s1. The fourth-order valence-corrected chi connectivity index (χ4v) is 4.20. The predicted molar refractivity (Wildman–Crippen MR) is 109 cm³/mol. The molecule has 3 N–H and O–H groups in total. The number of aliphatic carboxylic acids is 1. The van der Waals surface area contributed by atoms with Crippen LogP contribution in [0.3, 0.4) is 0 Å². The Balaban J connectivity index is 1.58. The molecule has 1 saturated heterocycles. The van der Waals surface area contributed by atoms with E-state index in [1.54, 1.807) is 7.11 Å². The zero-order valence-electron chi connectivity index (χ0n) is 16.3. The number of aliphatic hydroxyl groups is 1. The maximum atomic E-state index is 12.3. The lowest BCUT2D eigenvalue weighted by atomic mass is 9.73. The third-order valence-electron chi connectivity index (χ3n) is 5.75.